The molecule has 0 radical (unpaired) electrons. The first-order valence-corrected chi connectivity index (χ1v) is 9.23. The Hall–Kier alpha value is -2.74. The van der Waals surface area contributed by atoms with E-state index in [0.29, 0.717) is 18.0 Å². The molecule has 5 nitrogen and oxygen atoms in total. The molecule has 0 saturated heterocycles. The second kappa shape index (κ2) is 8.73. The summed E-state index contributed by atoms with van der Waals surface area (Å²) < 4.78 is 50.1. The predicted molar refractivity (Wildman–Crippen MR) is 103 cm³/mol. The first-order valence-electron chi connectivity index (χ1n) is 9.23. The van der Waals surface area contributed by atoms with Crippen LogP contribution >= 0.6 is 0 Å². The van der Waals surface area contributed by atoms with Gasteiger partial charge < -0.3 is 14.8 Å². The molecule has 2 aromatic carbocycles. The van der Waals surface area contributed by atoms with Crippen LogP contribution in [-0.4, -0.2) is 37.6 Å². The van der Waals surface area contributed by atoms with E-state index in [9.17, 15) is 18.0 Å². The van der Waals surface area contributed by atoms with E-state index in [1.807, 2.05) is 11.0 Å². The molecule has 1 amide bonds. The topological polar surface area (TPSA) is 50.8 Å². The molecule has 0 heterocycles. The summed E-state index contributed by atoms with van der Waals surface area (Å²) in [4.78, 5) is 14.5. The van der Waals surface area contributed by atoms with Crippen LogP contribution < -0.4 is 14.8 Å². The number of carbonyl (C=O) groups excluding carboxylic acids is 1. The van der Waals surface area contributed by atoms with Gasteiger partial charge in [0, 0.05) is 18.2 Å². The normalized spacial score (nSPS) is 14.0. The molecular weight excluding hydrogens is 385 g/mol. The molecule has 0 unspecified atom stereocenters. The van der Waals surface area contributed by atoms with Gasteiger partial charge in [0.25, 0.3) is 0 Å². The first-order chi connectivity index (χ1) is 13.8. The van der Waals surface area contributed by atoms with Crippen LogP contribution in [0.4, 0.5) is 18.9 Å². The van der Waals surface area contributed by atoms with Crippen LogP contribution in [0, 0.1) is 0 Å². The fourth-order valence-electron chi connectivity index (χ4n) is 3.19. The Bertz CT molecular complexity index is 866. The van der Waals surface area contributed by atoms with Crippen molar-refractivity contribution in [2.75, 3.05) is 26.1 Å². The van der Waals surface area contributed by atoms with E-state index in [1.165, 1.54) is 18.2 Å². The van der Waals surface area contributed by atoms with E-state index in [4.69, 9.17) is 9.47 Å². The number of carbonyl (C=O) groups is 1. The summed E-state index contributed by atoms with van der Waals surface area (Å²) in [6, 6.07) is 10.6. The Kier molecular flexibility index (Phi) is 6.32. The van der Waals surface area contributed by atoms with Crippen molar-refractivity contribution in [3.05, 3.63) is 53.6 Å². The van der Waals surface area contributed by atoms with E-state index in [0.717, 1.165) is 24.5 Å². The summed E-state index contributed by atoms with van der Waals surface area (Å²) in [5.41, 5.74) is -0.247. The van der Waals surface area contributed by atoms with Crippen LogP contribution in [-0.2, 0) is 17.5 Å². The molecule has 1 aliphatic carbocycles. The highest BCUT2D eigenvalue weighted by Gasteiger charge is 2.34. The molecule has 1 saturated carbocycles. The zero-order chi connectivity index (χ0) is 21.0. The Morgan fingerprint density at radius 1 is 1.14 bits per heavy atom. The fraction of sp³-hybridized carbons (Fsp3) is 0.381. The largest absolute Gasteiger partial charge is 0.497 e. The van der Waals surface area contributed by atoms with E-state index in [-0.39, 0.29) is 18.3 Å². The molecule has 0 aromatic heterocycles. The fourth-order valence-corrected chi connectivity index (χ4v) is 3.19. The quantitative estimate of drug-likeness (QED) is 0.707. The number of ether oxygens (including phenoxy) is 2. The highest BCUT2D eigenvalue weighted by atomic mass is 19.4. The third kappa shape index (κ3) is 5.41. The zero-order valence-corrected chi connectivity index (χ0v) is 16.3. The van der Waals surface area contributed by atoms with E-state index in [2.05, 4.69) is 5.32 Å². The summed E-state index contributed by atoms with van der Waals surface area (Å²) in [6.07, 6.45) is -2.65. The summed E-state index contributed by atoms with van der Waals surface area (Å²) in [6.45, 7) is 0.413. The minimum Gasteiger partial charge on any atom is -0.497 e. The SMILES string of the molecule is COc1ccc(OC)c(CN(CC(=O)Nc2ccccc2C(F)(F)F)C2CC2)c1. The Labute approximate surface area is 167 Å². The molecule has 1 aliphatic rings. The number of methoxy groups -OCH3 is 2. The van der Waals surface area contributed by atoms with Gasteiger partial charge in [-0.05, 0) is 43.2 Å². The van der Waals surface area contributed by atoms with Crippen molar-refractivity contribution in [2.45, 2.75) is 31.6 Å². The number of rotatable bonds is 8. The molecule has 0 atom stereocenters. The average molecular weight is 408 g/mol. The summed E-state index contributed by atoms with van der Waals surface area (Å²) >= 11 is 0. The van der Waals surface area contributed by atoms with Crippen LogP contribution in [0.3, 0.4) is 0 Å². The minimum absolute atomic E-state index is 0.0166. The van der Waals surface area contributed by atoms with Gasteiger partial charge in [-0.3, -0.25) is 9.69 Å². The lowest BCUT2D eigenvalue weighted by molar-refractivity contribution is -0.137. The Balaban J connectivity index is 1.73. The van der Waals surface area contributed by atoms with Crippen LogP contribution in [0.1, 0.15) is 24.0 Å². The van der Waals surface area contributed by atoms with E-state index >= 15 is 0 Å². The lowest BCUT2D eigenvalue weighted by Gasteiger charge is -2.23. The molecule has 1 N–H and O–H groups in total. The second-order valence-corrected chi connectivity index (χ2v) is 6.91. The first kappa shape index (κ1) is 21.0. The maximum absolute atomic E-state index is 13.2. The smallest absolute Gasteiger partial charge is 0.418 e. The van der Waals surface area contributed by atoms with Crippen molar-refractivity contribution < 1.29 is 27.4 Å². The van der Waals surface area contributed by atoms with Gasteiger partial charge in [0.1, 0.15) is 11.5 Å². The number of para-hydroxylation sites is 1. The number of nitrogens with zero attached hydrogens (tertiary/aromatic N) is 1. The second-order valence-electron chi connectivity index (χ2n) is 6.91. The van der Waals surface area contributed by atoms with Crippen molar-refractivity contribution in [2.24, 2.45) is 0 Å². The summed E-state index contributed by atoms with van der Waals surface area (Å²) in [5.74, 6) is 0.842. The van der Waals surface area contributed by atoms with Gasteiger partial charge in [-0.2, -0.15) is 13.2 Å². The minimum atomic E-state index is -4.53. The predicted octanol–water partition coefficient (Wildman–Crippen LogP) is 4.33. The van der Waals surface area contributed by atoms with Gasteiger partial charge >= 0.3 is 6.18 Å². The maximum atomic E-state index is 13.2. The number of hydrogen-bond acceptors (Lipinski definition) is 4. The monoisotopic (exact) mass is 408 g/mol. The molecular formula is C21H23F3N2O3. The molecule has 8 heteroatoms. The van der Waals surface area contributed by atoms with Crippen LogP contribution in [0.15, 0.2) is 42.5 Å². The molecule has 0 spiro atoms. The van der Waals surface area contributed by atoms with Crippen molar-refractivity contribution >= 4 is 11.6 Å². The van der Waals surface area contributed by atoms with Gasteiger partial charge in [0.2, 0.25) is 5.91 Å². The average Bonchev–Trinajstić information content (AvgIpc) is 3.52. The lowest BCUT2D eigenvalue weighted by Crippen LogP contribution is -2.35. The standard InChI is InChI=1S/C21H23F3N2O3/c1-28-16-9-10-19(29-2)14(11-16)12-26(15-7-8-15)13-20(27)25-18-6-4-3-5-17(18)21(22,23)24/h3-6,9-11,15H,7-8,12-13H2,1-2H3,(H,25,27). The van der Waals surface area contributed by atoms with Crippen molar-refractivity contribution in [3.63, 3.8) is 0 Å². The van der Waals surface area contributed by atoms with Crippen LogP contribution in [0.2, 0.25) is 0 Å². The van der Waals surface area contributed by atoms with Gasteiger partial charge in [-0.15, -0.1) is 0 Å². The van der Waals surface area contributed by atoms with E-state index in [1.54, 1.807) is 26.4 Å². The highest BCUT2D eigenvalue weighted by molar-refractivity contribution is 5.93. The number of hydrogen-bond donors (Lipinski definition) is 1. The maximum Gasteiger partial charge on any atom is 0.418 e. The number of amides is 1. The number of halogens is 3. The Morgan fingerprint density at radius 2 is 1.86 bits per heavy atom. The number of nitrogens with one attached hydrogen (secondary N) is 1. The van der Waals surface area contributed by atoms with Gasteiger partial charge in [0.15, 0.2) is 0 Å². The third-order valence-corrected chi connectivity index (χ3v) is 4.78. The van der Waals surface area contributed by atoms with Crippen molar-refractivity contribution in [1.29, 1.82) is 0 Å². The molecule has 156 valence electrons. The van der Waals surface area contributed by atoms with Crippen LogP contribution in [0.5, 0.6) is 11.5 Å². The number of anilines is 1. The Morgan fingerprint density at radius 3 is 2.48 bits per heavy atom. The number of alkyl halides is 3. The number of benzene rings is 2. The third-order valence-electron chi connectivity index (χ3n) is 4.78. The van der Waals surface area contributed by atoms with Crippen LogP contribution in [0.25, 0.3) is 0 Å². The molecule has 0 aliphatic heterocycles. The van der Waals surface area contributed by atoms with Crippen molar-refractivity contribution in [3.8, 4) is 11.5 Å². The summed E-state index contributed by atoms with van der Waals surface area (Å²) in [5, 5.41) is 2.41. The van der Waals surface area contributed by atoms with Gasteiger partial charge in [-0.1, -0.05) is 12.1 Å². The van der Waals surface area contributed by atoms with Gasteiger partial charge in [0.05, 0.1) is 32.0 Å². The molecule has 2 aromatic rings. The lowest BCUT2D eigenvalue weighted by atomic mass is 10.1. The van der Waals surface area contributed by atoms with Crippen molar-refractivity contribution in [1.82, 2.24) is 4.90 Å². The molecule has 3 rings (SSSR count). The van der Waals surface area contributed by atoms with Gasteiger partial charge in [-0.25, -0.2) is 0 Å². The molecule has 0 bridgehead atoms. The van der Waals surface area contributed by atoms with E-state index < -0.39 is 17.6 Å². The highest BCUT2D eigenvalue weighted by Crippen LogP contribution is 2.35. The molecule has 1 fully saturated rings. The summed E-state index contributed by atoms with van der Waals surface area (Å²) in [7, 11) is 3.13. The zero-order valence-electron chi connectivity index (χ0n) is 16.3. The molecule has 29 heavy (non-hydrogen) atoms.